The zero-order valence-corrected chi connectivity index (χ0v) is 17.0. The Morgan fingerprint density at radius 1 is 1.25 bits per heavy atom. The van der Waals surface area contributed by atoms with Crippen LogP contribution in [-0.2, 0) is 6.54 Å². The Kier molecular flexibility index (Phi) is 5.94. The number of carbonyl (C=O) groups excluding carboxylic acids is 1. The first-order valence-electron chi connectivity index (χ1n) is 9.13. The molecule has 1 amide bonds. The van der Waals surface area contributed by atoms with Crippen molar-refractivity contribution in [1.29, 1.82) is 0 Å². The van der Waals surface area contributed by atoms with Crippen molar-refractivity contribution in [2.45, 2.75) is 20.4 Å². The Hall–Kier alpha value is -2.93. The lowest BCUT2D eigenvalue weighted by Gasteiger charge is -2.18. The first-order valence-corrected chi connectivity index (χ1v) is 9.54. The third-order valence-corrected chi connectivity index (χ3v) is 4.99. The maximum atomic E-state index is 12.7. The topological polar surface area (TPSA) is 67.3 Å². The summed E-state index contributed by atoms with van der Waals surface area (Å²) in [5.74, 6) is 0.670. The summed E-state index contributed by atoms with van der Waals surface area (Å²) >= 11 is 5.24. The van der Waals surface area contributed by atoms with Crippen molar-refractivity contribution < 1.29 is 9.53 Å². The smallest absolute Gasteiger partial charge is 0.262 e. The molecular formula is C21H23N3O3S. The second-order valence-electron chi connectivity index (χ2n) is 6.58. The molecule has 7 heteroatoms. The highest BCUT2D eigenvalue weighted by Gasteiger charge is 2.14. The molecule has 0 saturated carbocycles. The molecule has 0 bridgehead atoms. The number of nitrogens with zero attached hydrogens (tertiary/aromatic N) is 2. The van der Waals surface area contributed by atoms with Gasteiger partial charge in [0.15, 0.2) is 4.77 Å². The van der Waals surface area contributed by atoms with E-state index in [-0.39, 0.29) is 11.5 Å². The lowest BCUT2D eigenvalue weighted by Crippen LogP contribution is -2.31. The van der Waals surface area contributed by atoms with Crippen LogP contribution in [0.1, 0.15) is 22.8 Å². The van der Waals surface area contributed by atoms with Crippen LogP contribution in [0.2, 0.25) is 0 Å². The van der Waals surface area contributed by atoms with Crippen molar-refractivity contribution in [3.63, 3.8) is 0 Å². The lowest BCUT2D eigenvalue weighted by atomic mass is 10.1. The van der Waals surface area contributed by atoms with Crippen molar-refractivity contribution in [1.82, 2.24) is 14.5 Å². The van der Waals surface area contributed by atoms with Gasteiger partial charge in [0, 0.05) is 19.2 Å². The van der Waals surface area contributed by atoms with Crippen molar-refractivity contribution in [2.75, 3.05) is 20.2 Å². The molecule has 1 aromatic heterocycles. The van der Waals surface area contributed by atoms with Crippen LogP contribution in [0.15, 0.2) is 47.3 Å². The summed E-state index contributed by atoms with van der Waals surface area (Å²) in [4.78, 5) is 29.8. The first-order chi connectivity index (χ1) is 13.4. The highest BCUT2D eigenvalue weighted by atomic mass is 32.1. The fraction of sp³-hybridized carbons (Fsp3) is 0.286. The van der Waals surface area contributed by atoms with E-state index in [0.717, 1.165) is 11.3 Å². The zero-order chi connectivity index (χ0) is 20.3. The molecule has 0 aliphatic heterocycles. The van der Waals surface area contributed by atoms with Gasteiger partial charge in [-0.15, -0.1) is 0 Å². The van der Waals surface area contributed by atoms with Crippen LogP contribution in [-0.4, -0.2) is 40.6 Å². The summed E-state index contributed by atoms with van der Waals surface area (Å²) in [6, 6.07) is 12.8. The predicted molar refractivity (Wildman–Crippen MR) is 113 cm³/mol. The SMILES string of the molecule is CCn1c(=S)[nH]c2cc(C(=O)N(C)CCOc3ccccc3C)ccc2c1=O. The van der Waals surface area contributed by atoms with Gasteiger partial charge in [-0.1, -0.05) is 18.2 Å². The number of fused-ring (bicyclic) bond motifs is 1. The molecule has 28 heavy (non-hydrogen) atoms. The molecule has 2 aromatic carbocycles. The number of ether oxygens (including phenoxy) is 1. The van der Waals surface area contributed by atoms with E-state index >= 15 is 0 Å². The Labute approximate surface area is 168 Å². The quantitative estimate of drug-likeness (QED) is 0.646. The maximum Gasteiger partial charge on any atom is 0.262 e. The average Bonchev–Trinajstić information content (AvgIpc) is 2.68. The molecule has 0 fully saturated rings. The molecule has 6 nitrogen and oxygen atoms in total. The molecule has 3 aromatic rings. The number of carbonyl (C=O) groups is 1. The van der Waals surface area contributed by atoms with Gasteiger partial charge in [0.1, 0.15) is 12.4 Å². The van der Waals surface area contributed by atoms with Gasteiger partial charge < -0.3 is 14.6 Å². The molecule has 0 saturated heterocycles. The molecule has 0 atom stereocenters. The van der Waals surface area contributed by atoms with E-state index in [9.17, 15) is 9.59 Å². The number of H-pyrrole nitrogens is 1. The van der Waals surface area contributed by atoms with Crippen LogP contribution < -0.4 is 10.3 Å². The van der Waals surface area contributed by atoms with Gasteiger partial charge >= 0.3 is 0 Å². The molecular weight excluding hydrogens is 374 g/mol. The van der Waals surface area contributed by atoms with Crippen molar-refractivity contribution >= 4 is 29.0 Å². The van der Waals surface area contributed by atoms with Gasteiger partial charge in [0.25, 0.3) is 11.5 Å². The number of aromatic nitrogens is 2. The number of para-hydroxylation sites is 1. The van der Waals surface area contributed by atoms with Crippen LogP contribution >= 0.6 is 12.2 Å². The minimum absolute atomic E-state index is 0.144. The standard InChI is InChI=1S/C21H23N3O3S/c1-4-24-20(26)16-10-9-15(13-17(16)22-21(24)28)19(25)23(3)11-12-27-18-8-6-5-7-14(18)2/h5-10,13H,4,11-12H2,1-3H3,(H,22,28). The van der Waals surface area contributed by atoms with E-state index < -0.39 is 0 Å². The fourth-order valence-corrected chi connectivity index (χ4v) is 3.33. The number of hydrogen-bond acceptors (Lipinski definition) is 4. The van der Waals surface area contributed by atoms with Gasteiger partial charge in [0.2, 0.25) is 0 Å². The summed E-state index contributed by atoms with van der Waals surface area (Å²) in [5.41, 5.74) is 1.96. The maximum absolute atomic E-state index is 12.7. The minimum atomic E-state index is -0.153. The first kappa shape index (κ1) is 19.8. The molecule has 0 aliphatic rings. The molecule has 0 radical (unpaired) electrons. The van der Waals surface area contributed by atoms with E-state index in [4.69, 9.17) is 17.0 Å². The van der Waals surface area contributed by atoms with E-state index in [1.54, 1.807) is 30.1 Å². The lowest BCUT2D eigenvalue weighted by molar-refractivity contribution is 0.0774. The fourth-order valence-electron chi connectivity index (χ4n) is 3.01. The molecule has 1 heterocycles. The zero-order valence-electron chi connectivity index (χ0n) is 16.2. The largest absolute Gasteiger partial charge is 0.491 e. The molecule has 1 N–H and O–H groups in total. The van der Waals surface area contributed by atoms with Gasteiger partial charge in [-0.05, 0) is 55.9 Å². The van der Waals surface area contributed by atoms with Crippen molar-refractivity contribution in [3.05, 3.63) is 68.7 Å². The highest BCUT2D eigenvalue weighted by Crippen LogP contribution is 2.16. The summed E-state index contributed by atoms with van der Waals surface area (Å²) in [6.07, 6.45) is 0. The number of amides is 1. The highest BCUT2D eigenvalue weighted by molar-refractivity contribution is 7.71. The number of rotatable bonds is 6. The third-order valence-electron chi connectivity index (χ3n) is 4.67. The number of benzene rings is 2. The number of likely N-dealkylation sites (N-methyl/N-ethyl adjacent to an activating group) is 1. The summed E-state index contributed by atoms with van der Waals surface area (Å²) in [6.45, 7) is 5.18. The Morgan fingerprint density at radius 2 is 2.00 bits per heavy atom. The predicted octanol–water partition coefficient (Wildman–Crippen LogP) is 3.54. The summed E-state index contributed by atoms with van der Waals surface area (Å²) in [7, 11) is 1.73. The van der Waals surface area contributed by atoms with Crippen LogP contribution in [0.4, 0.5) is 0 Å². The van der Waals surface area contributed by atoms with E-state index in [1.165, 1.54) is 4.57 Å². The number of aryl methyl sites for hydroxylation is 1. The molecule has 146 valence electrons. The normalized spacial score (nSPS) is 10.8. The minimum Gasteiger partial charge on any atom is -0.491 e. The molecule has 3 rings (SSSR count). The van der Waals surface area contributed by atoms with Crippen molar-refractivity contribution in [3.8, 4) is 5.75 Å². The monoisotopic (exact) mass is 397 g/mol. The van der Waals surface area contributed by atoms with E-state index in [0.29, 0.717) is 40.9 Å². The van der Waals surface area contributed by atoms with Gasteiger partial charge in [0.05, 0.1) is 17.4 Å². The molecule has 0 unspecified atom stereocenters. The van der Waals surface area contributed by atoms with E-state index in [1.807, 2.05) is 38.1 Å². The Morgan fingerprint density at radius 3 is 2.71 bits per heavy atom. The molecule has 0 spiro atoms. The van der Waals surface area contributed by atoms with Gasteiger partial charge in [-0.25, -0.2) is 0 Å². The van der Waals surface area contributed by atoms with Gasteiger partial charge in [-0.2, -0.15) is 0 Å². The number of nitrogens with one attached hydrogen (secondary N) is 1. The molecule has 0 aliphatic carbocycles. The van der Waals surface area contributed by atoms with Crippen LogP contribution in [0.5, 0.6) is 5.75 Å². The Balaban J connectivity index is 1.74. The van der Waals surface area contributed by atoms with Crippen molar-refractivity contribution in [2.24, 2.45) is 0 Å². The van der Waals surface area contributed by atoms with Gasteiger partial charge in [-0.3, -0.25) is 14.2 Å². The number of aromatic amines is 1. The second kappa shape index (κ2) is 8.39. The van der Waals surface area contributed by atoms with E-state index in [2.05, 4.69) is 4.98 Å². The van der Waals surface area contributed by atoms with Crippen LogP contribution in [0.25, 0.3) is 10.9 Å². The Bertz CT molecular complexity index is 1130. The second-order valence-corrected chi connectivity index (χ2v) is 6.97. The number of hydrogen-bond donors (Lipinski definition) is 1. The van der Waals surface area contributed by atoms with Crippen LogP contribution in [0, 0.1) is 11.7 Å². The summed E-state index contributed by atoms with van der Waals surface area (Å²) in [5, 5.41) is 0.512. The third kappa shape index (κ3) is 3.99. The summed E-state index contributed by atoms with van der Waals surface area (Å²) < 4.78 is 7.61. The average molecular weight is 398 g/mol. The van der Waals surface area contributed by atoms with Crippen LogP contribution in [0.3, 0.4) is 0 Å².